The molecular weight excluding hydrogens is 222 g/mol. The molecule has 0 spiro atoms. The van der Waals surface area contributed by atoms with Crippen LogP contribution >= 0.6 is 0 Å². The van der Waals surface area contributed by atoms with E-state index in [-0.39, 0.29) is 0 Å². The van der Waals surface area contributed by atoms with Gasteiger partial charge in [-0.05, 0) is 50.5 Å². The second-order valence-corrected chi connectivity index (χ2v) is 6.27. The van der Waals surface area contributed by atoms with Crippen molar-refractivity contribution in [3.05, 3.63) is 0 Å². The van der Waals surface area contributed by atoms with Gasteiger partial charge in [0.05, 0.1) is 0 Å². The molecule has 1 saturated heterocycles. The van der Waals surface area contributed by atoms with Crippen molar-refractivity contribution >= 4 is 0 Å². The van der Waals surface area contributed by atoms with Gasteiger partial charge < -0.3 is 10.1 Å². The summed E-state index contributed by atoms with van der Waals surface area (Å²) < 4.78 is 5.46. The maximum atomic E-state index is 5.46. The van der Waals surface area contributed by atoms with Crippen LogP contribution in [0.2, 0.25) is 0 Å². The van der Waals surface area contributed by atoms with Crippen molar-refractivity contribution in [2.45, 2.75) is 70.8 Å². The van der Waals surface area contributed by atoms with Crippen LogP contribution in [0, 0.1) is 11.8 Å². The first-order valence-electron chi connectivity index (χ1n) is 8.19. The Labute approximate surface area is 113 Å². The summed E-state index contributed by atoms with van der Waals surface area (Å²) in [6.45, 7) is 5.35. The van der Waals surface area contributed by atoms with Crippen LogP contribution < -0.4 is 5.32 Å². The molecule has 1 N–H and O–H groups in total. The predicted molar refractivity (Wildman–Crippen MR) is 76.8 cm³/mol. The summed E-state index contributed by atoms with van der Waals surface area (Å²) in [7, 11) is 0. The average Bonchev–Trinajstić information content (AvgIpc) is 2.91. The molecule has 18 heavy (non-hydrogen) atoms. The summed E-state index contributed by atoms with van der Waals surface area (Å²) >= 11 is 0. The molecule has 0 bridgehead atoms. The monoisotopic (exact) mass is 253 g/mol. The van der Waals surface area contributed by atoms with E-state index in [1.807, 2.05) is 0 Å². The number of ether oxygens (including phenoxy) is 1. The Kier molecular flexibility index (Phi) is 6.50. The van der Waals surface area contributed by atoms with Gasteiger partial charge in [0.2, 0.25) is 0 Å². The van der Waals surface area contributed by atoms with E-state index in [1.165, 1.54) is 57.8 Å². The van der Waals surface area contributed by atoms with Crippen LogP contribution in [0.25, 0.3) is 0 Å². The van der Waals surface area contributed by atoms with E-state index in [0.29, 0.717) is 0 Å². The van der Waals surface area contributed by atoms with Gasteiger partial charge in [0.25, 0.3) is 0 Å². The number of nitrogens with one attached hydrogen (secondary N) is 1. The zero-order valence-electron chi connectivity index (χ0n) is 12.1. The minimum atomic E-state index is 0.763. The molecule has 1 saturated carbocycles. The lowest BCUT2D eigenvalue weighted by atomic mass is 9.89. The highest BCUT2D eigenvalue weighted by molar-refractivity contribution is 4.76. The summed E-state index contributed by atoms with van der Waals surface area (Å²) in [6.07, 6.45) is 12.8. The van der Waals surface area contributed by atoms with Crippen molar-refractivity contribution in [1.29, 1.82) is 0 Å². The molecule has 0 aromatic rings. The molecule has 1 aliphatic carbocycles. The smallest absolute Gasteiger partial charge is 0.0468 e. The first-order chi connectivity index (χ1) is 8.88. The van der Waals surface area contributed by atoms with E-state index >= 15 is 0 Å². The molecule has 2 heteroatoms. The molecule has 0 aromatic carbocycles. The SMILES string of the molecule is CCNC(CCC1CCCC1)CC1CCOCC1. The molecule has 2 rings (SSSR count). The summed E-state index contributed by atoms with van der Waals surface area (Å²) in [5.41, 5.74) is 0. The fourth-order valence-corrected chi connectivity index (χ4v) is 3.71. The normalized spacial score (nSPS) is 24.5. The van der Waals surface area contributed by atoms with Crippen LogP contribution in [-0.2, 0) is 4.74 Å². The van der Waals surface area contributed by atoms with Crippen LogP contribution in [0.15, 0.2) is 0 Å². The van der Waals surface area contributed by atoms with Crippen molar-refractivity contribution in [2.75, 3.05) is 19.8 Å². The minimum absolute atomic E-state index is 0.763. The van der Waals surface area contributed by atoms with Crippen molar-refractivity contribution in [1.82, 2.24) is 5.32 Å². The average molecular weight is 253 g/mol. The highest BCUT2D eigenvalue weighted by Gasteiger charge is 2.21. The van der Waals surface area contributed by atoms with Crippen LogP contribution in [0.5, 0.6) is 0 Å². The third-order valence-electron chi connectivity index (χ3n) is 4.85. The van der Waals surface area contributed by atoms with E-state index in [4.69, 9.17) is 4.74 Å². The summed E-state index contributed by atoms with van der Waals surface area (Å²) in [4.78, 5) is 0. The van der Waals surface area contributed by atoms with Crippen molar-refractivity contribution in [3.8, 4) is 0 Å². The molecule has 2 fully saturated rings. The van der Waals surface area contributed by atoms with Gasteiger partial charge in [-0.3, -0.25) is 0 Å². The van der Waals surface area contributed by atoms with Gasteiger partial charge in [0.1, 0.15) is 0 Å². The standard InChI is InChI=1S/C16H31NO/c1-2-17-16(8-7-14-5-3-4-6-14)13-15-9-11-18-12-10-15/h14-17H,2-13H2,1H3. The molecule has 2 nitrogen and oxygen atoms in total. The zero-order valence-corrected chi connectivity index (χ0v) is 12.1. The van der Waals surface area contributed by atoms with Crippen molar-refractivity contribution in [3.63, 3.8) is 0 Å². The Morgan fingerprint density at radius 2 is 1.78 bits per heavy atom. The first-order valence-corrected chi connectivity index (χ1v) is 8.19. The quantitative estimate of drug-likeness (QED) is 0.746. The van der Waals surface area contributed by atoms with Gasteiger partial charge in [-0.25, -0.2) is 0 Å². The Morgan fingerprint density at radius 1 is 1.06 bits per heavy atom. The van der Waals surface area contributed by atoms with E-state index in [9.17, 15) is 0 Å². The van der Waals surface area contributed by atoms with Crippen LogP contribution in [0.1, 0.15) is 64.7 Å². The topological polar surface area (TPSA) is 21.3 Å². The number of hydrogen-bond donors (Lipinski definition) is 1. The summed E-state index contributed by atoms with van der Waals surface area (Å²) in [5.74, 6) is 1.95. The van der Waals surface area contributed by atoms with E-state index in [0.717, 1.165) is 37.6 Å². The van der Waals surface area contributed by atoms with Gasteiger partial charge in [-0.2, -0.15) is 0 Å². The van der Waals surface area contributed by atoms with Gasteiger partial charge in [-0.1, -0.05) is 32.6 Å². The first kappa shape index (κ1) is 14.3. The highest BCUT2D eigenvalue weighted by Crippen LogP contribution is 2.30. The predicted octanol–water partition coefficient (Wildman–Crippen LogP) is 3.75. The molecule has 1 aliphatic heterocycles. The second kappa shape index (κ2) is 8.16. The molecule has 1 heterocycles. The Bertz CT molecular complexity index is 207. The van der Waals surface area contributed by atoms with E-state index in [1.54, 1.807) is 0 Å². The molecule has 0 radical (unpaired) electrons. The van der Waals surface area contributed by atoms with E-state index < -0.39 is 0 Å². The summed E-state index contributed by atoms with van der Waals surface area (Å²) in [6, 6.07) is 0.763. The van der Waals surface area contributed by atoms with Crippen LogP contribution in [0.3, 0.4) is 0 Å². The zero-order chi connectivity index (χ0) is 12.6. The summed E-state index contributed by atoms with van der Waals surface area (Å²) in [5, 5.41) is 3.71. The second-order valence-electron chi connectivity index (χ2n) is 6.27. The van der Waals surface area contributed by atoms with Crippen molar-refractivity contribution in [2.24, 2.45) is 11.8 Å². The lowest BCUT2D eigenvalue weighted by Gasteiger charge is -2.27. The molecule has 0 amide bonds. The third-order valence-corrected chi connectivity index (χ3v) is 4.85. The molecule has 106 valence electrons. The number of hydrogen-bond acceptors (Lipinski definition) is 2. The molecule has 1 atom stereocenters. The Hall–Kier alpha value is -0.0800. The van der Waals surface area contributed by atoms with E-state index in [2.05, 4.69) is 12.2 Å². The molecule has 0 aromatic heterocycles. The lowest BCUT2D eigenvalue weighted by molar-refractivity contribution is 0.0600. The van der Waals surface area contributed by atoms with Crippen LogP contribution in [0.4, 0.5) is 0 Å². The lowest BCUT2D eigenvalue weighted by Crippen LogP contribution is -2.33. The van der Waals surface area contributed by atoms with Gasteiger partial charge in [0.15, 0.2) is 0 Å². The largest absolute Gasteiger partial charge is 0.381 e. The fraction of sp³-hybridized carbons (Fsp3) is 1.00. The maximum Gasteiger partial charge on any atom is 0.0468 e. The fourth-order valence-electron chi connectivity index (χ4n) is 3.71. The van der Waals surface area contributed by atoms with Gasteiger partial charge in [0, 0.05) is 19.3 Å². The van der Waals surface area contributed by atoms with Crippen molar-refractivity contribution < 1.29 is 4.74 Å². The maximum absolute atomic E-state index is 5.46. The van der Waals surface area contributed by atoms with Crippen LogP contribution in [-0.4, -0.2) is 25.8 Å². The third kappa shape index (κ3) is 4.89. The molecular formula is C16H31NO. The number of rotatable bonds is 7. The highest BCUT2D eigenvalue weighted by atomic mass is 16.5. The Morgan fingerprint density at radius 3 is 2.44 bits per heavy atom. The van der Waals surface area contributed by atoms with Gasteiger partial charge in [-0.15, -0.1) is 0 Å². The Balaban J connectivity index is 1.68. The molecule has 2 aliphatic rings. The molecule has 1 unspecified atom stereocenters. The van der Waals surface area contributed by atoms with Gasteiger partial charge >= 0.3 is 0 Å². The minimum Gasteiger partial charge on any atom is -0.381 e.